The van der Waals surface area contributed by atoms with Gasteiger partial charge in [0.15, 0.2) is 6.10 Å². The molecule has 1 atom stereocenters. The monoisotopic (exact) mass is 419 g/mol. The highest BCUT2D eigenvalue weighted by atomic mass is 16.6. The summed E-state index contributed by atoms with van der Waals surface area (Å²) in [7, 11) is 0. The number of nitrogens with one attached hydrogen (secondary N) is 2. The van der Waals surface area contributed by atoms with Crippen molar-refractivity contribution < 1.29 is 24.0 Å². The molecule has 0 radical (unpaired) electrons. The summed E-state index contributed by atoms with van der Waals surface area (Å²) in [5.41, 5.74) is 0.537. The van der Waals surface area contributed by atoms with Crippen LogP contribution in [0, 0.1) is 10.1 Å². The minimum atomic E-state index is -0.615. The van der Waals surface area contributed by atoms with Crippen molar-refractivity contribution in [3.8, 4) is 17.2 Å². The number of rotatable bonds is 5. The summed E-state index contributed by atoms with van der Waals surface area (Å²) in [5, 5.41) is 16.6. The molecule has 0 unspecified atom stereocenters. The highest BCUT2D eigenvalue weighted by Crippen LogP contribution is 2.33. The van der Waals surface area contributed by atoms with Crippen LogP contribution in [-0.4, -0.2) is 22.8 Å². The Kier molecular flexibility index (Phi) is 5.23. The predicted octanol–water partition coefficient (Wildman–Crippen LogP) is 4.36. The van der Waals surface area contributed by atoms with Crippen molar-refractivity contribution in [3.05, 3.63) is 82.4 Å². The third-order valence-corrected chi connectivity index (χ3v) is 4.56. The number of benzene rings is 3. The fourth-order valence-electron chi connectivity index (χ4n) is 3.00. The van der Waals surface area contributed by atoms with Crippen molar-refractivity contribution in [2.24, 2.45) is 0 Å². The molecule has 9 nitrogen and oxygen atoms in total. The smallest absolute Gasteiger partial charge is 0.270 e. The number of carbonyl (C=O) groups is 2. The first-order chi connectivity index (χ1) is 14.9. The zero-order valence-corrected chi connectivity index (χ0v) is 16.3. The summed E-state index contributed by atoms with van der Waals surface area (Å²) >= 11 is 0. The fraction of sp³-hybridized carbons (Fsp3) is 0.0909. The van der Waals surface area contributed by atoms with Crippen LogP contribution in [0.5, 0.6) is 17.2 Å². The van der Waals surface area contributed by atoms with E-state index in [0.717, 1.165) is 6.07 Å². The number of anilines is 2. The van der Waals surface area contributed by atoms with Crippen LogP contribution in [0.2, 0.25) is 0 Å². The molecule has 0 bridgehead atoms. The lowest BCUT2D eigenvalue weighted by atomic mass is 10.1. The van der Waals surface area contributed by atoms with Crippen LogP contribution in [0.3, 0.4) is 0 Å². The van der Waals surface area contributed by atoms with E-state index in [1.807, 2.05) is 6.07 Å². The van der Waals surface area contributed by atoms with E-state index < -0.39 is 16.9 Å². The van der Waals surface area contributed by atoms with E-state index in [4.69, 9.17) is 9.47 Å². The molecule has 3 aromatic carbocycles. The van der Waals surface area contributed by atoms with Crippen LogP contribution in [0.25, 0.3) is 0 Å². The fourth-order valence-corrected chi connectivity index (χ4v) is 3.00. The predicted molar refractivity (Wildman–Crippen MR) is 113 cm³/mol. The second kappa shape index (κ2) is 8.15. The number of nitro groups is 1. The van der Waals surface area contributed by atoms with E-state index in [9.17, 15) is 19.7 Å². The zero-order valence-electron chi connectivity index (χ0n) is 16.3. The molecular formula is C22H17N3O6. The second-order valence-electron chi connectivity index (χ2n) is 6.77. The molecule has 0 aliphatic carbocycles. The van der Waals surface area contributed by atoms with E-state index in [2.05, 4.69) is 10.6 Å². The molecule has 3 aromatic rings. The van der Waals surface area contributed by atoms with Crippen LogP contribution in [-0.2, 0) is 4.79 Å². The zero-order chi connectivity index (χ0) is 22.0. The van der Waals surface area contributed by atoms with Gasteiger partial charge in [-0.25, -0.2) is 0 Å². The Morgan fingerprint density at radius 3 is 2.65 bits per heavy atom. The summed E-state index contributed by atoms with van der Waals surface area (Å²) in [6.07, 6.45) is -0.615. The van der Waals surface area contributed by atoms with Gasteiger partial charge in [-0.2, -0.15) is 0 Å². The van der Waals surface area contributed by atoms with E-state index >= 15 is 0 Å². The maximum absolute atomic E-state index is 13.0. The average molecular weight is 419 g/mol. The van der Waals surface area contributed by atoms with Crippen LogP contribution in [0.15, 0.2) is 66.7 Å². The Balaban J connectivity index is 1.63. The number of non-ortho nitro benzene ring substituents is 1. The molecule has 9 heteroatoms. The number of nitro benzene ring substituents is 1. The highest BCUT2D eigenvalue weighted by molar-refractivity contribution is 6.07. The molecular weight excluding hydrogens is 402 g/mol. The topological polar surface area (TPSA) is 120 Å². The van der Waals surface area contributed by atoms with Gasteiger partial charge >= 0.3 is 0 Å². The molecule has 0 spiro atoms. The number of nitrogens with zero attached hydrogens (tertiary/aromatic N) is 1. The Hall–Kier alpha value is -4.40. The van der Waals surface area contributed by atoms with E-state index in [1.165, 1.54) is 12.1 Å². The third kappa shape index (κ3) is 4.30. The van der Waals surface area contributed by atoms with Crippen LogP contribution in [0.1, 0.15) is 17.3 Å². The van der Waals surface area contributed by atoms with Gasteiger partial charge in [-0.05, 0) is 43.3 Å². The van der Waals surface area contributed by atoms with E-state index in [0.29, 0.717) is 22.9 Å². The Morgan fingerprint density at radius 2 is 1.90 bits per heavy atom. The van der Waals surface area contributed by atoms with Gasteiger partial charge in [-0.15, -0.1) is 0 Å². The number of hydrogen-bond donors (Lipinski definition) is 2. The van der Waals surface area contributed by atoms with Gasteiger partial charge in [0.05, 0.1) is 16.2 Å². The number of amides is 2. The Labute approximate surface area is 176 Å². The van der Waals surface area contributed by atoms with Crippen molar-refractivity contribution in [3.63, 3.8) is 0 Å². The van der Waals surface area contributed by atoms with Gasteiger partial charge in [-0.3, -0.25) is 19.7 Å². The van der Waals surface area contributed by atoms with Crippen molar-refractivity contribution in [2.45, 2.75) is 13.0 Å². The molecule has 4 rings (SSSR count). The summed E-state index contributed by atoms with van der Waals surface area (Å²) in [6.45, 7) is 1.63. The normalized spacial score (nSPS) is 14.6. The Morgan fingerprint density at radius 1 is 1.13 bits per heavy atom. The summed E-state index contributed by atoms with van der Waals surface area (Å²) < 4.78 is 11.3. The molecule has 2 N–H and O–H groups in total. The molecule has 1 aliphatic heterocycles. The van der Waals surface area contributed by atoms with Gasteiger partial charge in [0, 0.05) is 17.8 Å². The van der Waals surface area contributed by atoms with Crippen LogP contribution < -0.4 is 20.1 Å². The standard InChI is InChI=1S/C22H17N3O6/c1-13-21(26)24-18-11-14(7-9-20(18)30-13)23-22(27)17-12-15(25(28)29)8-10-19(17)31-16-5-3-2-4-6-16/h2-13H,1H3,(H,23,27)(H,24,26)/t13-/m0/s1. The van der Waals surface area contributed by atoms with Crippen molar-refractivity contribution in [1.82, 2.24) is 0 Å². The quantitative estimate of drug-likeness (QED) is 0.468. The van der Waals surface area contributed by atoms with Crippen molar-refractivity contribution >= 4 is 28.9 Å². The maximum atomic E-state index is 13.0. The first-order valence-electron chi connectivity index (χ1n) is 9.35. The Bertz CT molecular complexity index is 1180. The lowest BCUT2D eigenvalue weighted by Crippen LogP contribution is -2.34. The molecule has 2 amide bonds. The van der Waals surface area contributed by atoms with E-state index in [-0.39, 0.29) is 22.9 Å². The minimum Gasteiger partial charge on any atom is -0.479 e. The SMILES string of the molecule is C[C@@H]1Oc2ccc(NC(=O)c3cc([N+](=O)[O-])ccc3Oc3ccccc3)cc2NC1=O. The summed E-state index contributed by atoms with van der Waals surface area (Å²) in [6, 6.07) is 17.3. The molecule has 0 aromatic heterocycles. The lowest BCUT2D eigenvalue weighted by molar-refractivity contribution is -0.384. The van der Waals surface area contributed by atoms with Gasteiger partial charge in [0.2, 0.25) is 0 Å². The van der Waals surface area contributed by atoms with Gasteiger partial charge in [0.1, 0.15) is 17.2 Å². The second-order valence-corrected chi connectivity index (χ2v) is 6.77. The minimum absolute atomic E-state index is 0.00955. The lowest BCUT2D eigenvalue weighted by Gasteiger charge is -2.23. The molecule has 1 heterocycles. The van der Waals surface area contributed by atoms with Crippen LogP contribution in [0.4, 0.5) is 17.1 Å². The first-order valence-corrected chi connectivity index (χ1v) is 9.35. The number of fused-ring (bicyclic) bond motifs is 1. The average Bonchev–Trinajstić information content (AvgIpc) is 2.75. The first kappa shape index (κ1) is 19.9. The largest absolute Gasteiger partial charge is 0.479 e. The number of para-hydroxylation sites is 1. The molecule has 0 fully saturated rings. The number of ether oxygens (including phenoxy) is 2. The molecule has 0 saturated carbocycles. The maximum Gasteiger partial charge on any atom is 0.270 e. The van der Waals surface area contributed by atoms with Gasteiger partial charge in [0.25, 0.3) is 17.5 Å². The number of carbonyl (C=O) groups excluding carboxylic acids is 2. The molecule has 156 valence electrons. The van der Waals surface area contributed by atoms with E-state index in [1.54, 1.807) is 49.4 Å². The highest BCUT2D eigenvalue weighted by Gasteiger charge is 2.24. The number of hydrogen-bond acceptors (Lipinski definition) is 6. The third-order valence-electron chi connectivity index (χ3n) is 4.56. The summed E-state index contributed by atoms with van der Waals surface area (Å²) in [5.74, 6) is 0.221. The van der Waals surface area contributed by atoms with Crippen LogP contribution >= 0.6 is 0 Å². The molecule has 0 saturated heterocycles. The molecule has 31 heavy (non-hydrogen) atoms. The molecule has 1 aliphatic rings. The van der Waals surface area contributed by atoms with Crippen molar-refractivity contribution in [2.75, 3.05) is 10.6 Å². The van der Waals surface area contributed by atoms with Crippen molar-refractivity contribution in [1.29, 1.82) is 0 Å². The van der Waals surface area contributed by atoms with Gasteiger partial charge < -0.3 is 20.1 Å². The summed E-state index contributed by atoms with van der Waals surface area (Å²) in [4.78, 5) is 35.4. The van der Waals surface area contributed by atoms with Gasteiger partial charge in [-0.1, -0.05) is 18.2 Å².